The Morgan fingerprint density at radius 2 is 1.27 bits per heavy atom. The van der Waals surface area contributed by atoms with Crippen molar-refractivity contribution in [1.82, 2.24) is 0 Å². The van der Waals surface area contributed by atoms with Crippen LogP contribution in [0.2, 0.25) is 0 Å². The molecular formula is C11H23O3P. The van der Waals surface area contributed by atoms with Crippen LogP contribution in [-0.2, 0) is 13.6 Å². The van der Waals surface area contributed by atoms with Crippen molar-refractivity contribution in [1.29, 1.82) is 0 Å². The molecule has 0 amide bonds. The fourth-order valence-electron chi connectivity index (χ4n) is 1.03. The van der Waals surface area contributed by atoms with E-state index in [1.54, 1.807) is 13.0 Å². The number of allylic oxidation sites excluding steroid dienone is 1. The zero-order valence-corrected chi connectivity index (χ0v) is 11.7. The second-order valence-corrected chi connectivity index (χ2v) is 7.17. The van der Waals surface area contributed by atoms with Crippen LogP contribution in [0.15, 0.2) is 11.9 Å². The molecule has 0 rings (SSSR count). The average molecular weight is 234 g/mol. The monoisotopic (exact) mass is 234 g/mol. The maximum absolute atomic E-state index is 12.3. The Morgan fingerprint density at radius 1 is 0.933 bits per heavy atom. The lowest BCUT2D eigenvalue weighted by molar-refractivity contribution is 0.0542. The van der Waals surface area contributed by atoms with Crippen molar-refractivity contribution in [3.63, 3.8) is 0 Å². The lowest BCUT2D eigenvalue weighted by atomic mass is 10.2. The van der Waals surface area contributed by atoms with Crippen LogP contribution in [0.4, 0.5) is 0 Å². The van der Waals surface area contributed by atoms with E-state index in [0.717, 1.165) is 0 Å². The van der Waals surface area contributed by atoms with Gasteiger partial charge in [0.15, 0.2) is 0 Å². The van der Waals surface area contributed by atoms with Crippen LogP contribution in [0.3, 0.4) is 0 Å². The zero-order valence-electron chi connectivity index (χ0n) is 10.8. The molecule has 0 bridgehead atoms. The lowest BCUT2D eigenvalue weighted by Gasteiger charge is -2.30. The SMILES string of the molecule is CC=CP(=O)(OC(C)(C)C)OC(C)(C)C. The van der Waals surface area contributed by atoms with Gasteiger partial charge in [-0.15, -0.1) is 0 Å². The first kappa shape index (κ1) is 14.9. The summed E-state index contributed by atoms with van der Waals surface area (Å²) in [5.41, 5.74) is -0.972. The molecule has 0 aromatic carbocycles. The van der Waals surface area contributed by atoms with Crippen LogP contribution < -0.4 is 0 Å². The van der Waals surface area contributed by atoms with E-state index in [1.165, 1.54) is 5.82 Å². The number of hydrogen-bond acceptors (Lipinski definition) is 3. The first-order valence-corrected chi connectivity index (χ1v) is 6.74. The molecule has 0 unspecified atom stereocenters. The van der Waals surface area contributed by atoms with Crippen LogP contribution in [0.25, 0.3) is 0 Å². The van der Waals surface area contributed by atoms with Gasteiger partial charge in [-0.2, -0.15) is 0 Å². The van der Waals surface area contributed by atoms with Gasteiger partial charge in [-0.25, -0.2) is 0 Å². The Hall–Kier alpha value is -0.110. The average Bonchev–Trinajstić information content (AvgIpc) is 1.74. The van der Waals surface area contributed by atoms with Crippen LogP contribution >= 0.6 is 7.60 Å². The summed E-state index contributed by atoms with van der Waals surface area (Å²) in [7, 11) is -3.14. The molecule has 0 aliphatic heterocycles. The summed E-state index contributed by atoms with van der Waals surface area (Å²) in [5, 5.41) is 0. The van der Waals surface area contributed by atoms with Gasteiger partial charge in [0, 0.05) is 5.82 Å². The fraction of sp³-hybridized carbons (Fsp3) is 0.818. The molecule has 4 heteroatoms. The molecule has 0 spiro atoms. The minimum Gasteiger partial charge on any atom is -0.300 e. The summed E-state index contributed by atoms with van der Waals surface area (Å²) >= 11 is 0. The summed E-state index contributed by atoms with van der Waals surface area (Å²) < 4.78 is 23.3. The predicted molar refractivity (Wildman–Crippen MR) is 64.1 cm³/mol. The Balaban J connectivity index is 4.85. The first-order chi connectivity index (χ1) is 6.47. The number of rotatable bonds is 3. The van der Waals surface area contributed by atoms with Crippen molar-refractivity contribution < 1.29 is 13.6 Å². The molecule has 0 atom stereocenters. The molecule has 0 aliphatic carbocycles. The van der Waals surface area contributed by atoms with E-state index in [2.05, 4.69) is 0 Å². The van der Waals surface area contributed by atoms with Gasteiger partial charge in [-0.3, -0.25) is 13.6 Å². The topological polar surface area (TPSA) is 35.5 Å². The third kappa shape index (κ3) is 7.78. The molecular weight excluding hydrogens is 211 g/mol. The Labute approximate surface area is 93.4 Å². The molecule has 90 valence electrons. The Kier molecular flexibility index (Phi) is 4.78. The molecule has 0 aliphatic rings. The fourth-order valence-corrected chi connectivity index (χ4v) is 3.08. The van der Waals surface area contributed by atoms with E-state index in [1.807, 2.05) is 41.5 Å². The maximum Gasteiger partial charge on any atom is 0.354 e. The summed E-state index contributed by atoms with van der Waals surface area (Å²) in [4.78, 5) is 0. The minimum atomic E-state index is -3.14. The van der Waals surface area contributed by atoms with Crippen LogP contribution in [0.1, 0.15) is 48.5 Å². The van der Waals surface area contributed by atoms with E-state index in [4.69, 9.17) is 9.05 Å². The van der Waals surface area contributed by atoms with Gasteiger partial charge in [0.2, 0.25) is 0 Å². The number of hydrogen-bond donors (Lipinski definition) is 0. The quantitative estimate of drug-likeness (QED) is 0.681. The highest BCUT2D eigenvalue weighted by Gasteiger charge is 2.32. The summed E-state index contributed by atoms with van der Waals surface area (Å²) in [6.07, 6.45) is 1.69. The molecule has 15 heavy (non-hydrogen) atoms. The highest BCUT2D eigenvalue weighted by Crippen LogP contribution is 2.55. The summed E-state index contributed by atoms with van der Waals surface area (Å²) in [6, 6.07) is 0. The van der Waals surface area contributed by atoms with E-state index in [-0.39, 0.29) is 0 Å². The standard InChI is InChI=1S/C11H23O3P/c1-8-9-15(12,13-10(2,3)4)14-11(5,6)7/h8-9H,1-7H3. The predicted octanol–water partition coefficient (Wildman–Crippen LogP) is 4.34. The van der Waals surface area contributed by atoms with Gasteiger partial charge >= 0.3 is 7.60 Å². The zero-order chi connectivity index (χ0) is 12.3. The Morgan fingerprint density at radius 3 is 1.47 bits per heavy atom. The second kappa shape index (κ2) is 4.82. The first-order valence-electron chi connectivity index (χ1n) is 5.12. The van der Waals surface area contributed by atoms with E-state index in [9.17, 15) is 4.57 Å². The molecule has 0 heterocycles. The third-order valence-corrected chi connectivity index (χ3v) is 3.40. The highest BCUT2D eigenvalue weighted by molar-refractivity contribution is 7.57. The van der Waals surface area contributed by atoms with Gasteiger partial charge in [-0.1, -0.05) is 6.08 Å². The van der Waals surface area contributed by atoms with Gasteiger partial charge in [0.1, 0.15) is 0 Å². The van der Waals surface area contributed by atoms with Crippen molar-refractivity contribution in [2.45, 2.75) is 59.7 Å². The third-order valence-electron chi connectivity index (χ3n) is 1.13. The molecule has 3 nitrogen and oxygen atoms in total. The molecule has 0 N–H and O–H groups in total. The van der Waals surface area contributed by atoms with Crippen molar-refractivity contribution in [3.8, 4) is 0 Å². The highest BCUT2D eigenvalue weighted by atomic mass is 31.2. The largest absolute Gasteiger partial charge is 0.354 e. The van der Waals surface area contributed by atoms with Crippen molar-refractivity contribution in [2.75, 3.05) is 0 Å². The van der Waals surface area contributed by atoms with Crippen LogP contribution in [0.5, 0.6) is 0 Å². The van der Waals surface area contributed by atoms with Crippen molar-refractivity contribution >= 4 is 7.60 Å². The Bertz CT molecular complexity index is 249. The molecule has 0 aromatic rings. The molecule has 0 saturated heterocycles. The van der Waals surface area contributed by atoms with Crippen LogP contribution in [0, 0.1) is 0 Å². The van der Waals surface area contributed by atoms with Crippen molar-refractivity contribution in [2.24, 2.45) is 0 Å². The van der Waals surface area contributed by atoms with Crippen molar-refractivity contribution in [3.05, 3.63) is 11.9 Å². The molecule has 0 aromatic heterocycles. The summed E-state index contributed by atoms with van der Waals surface area (Å²) in [5.74, 6) is 1.50. The van der Waals surface area contributed by atoms with Crippen LogP contribution in [-0.4, -0.2) is 11.2 Å². The molecule has 0 radical (unpaired) electrons. The molecule has 0 fully saturated rings. The van der Waals surface area contributed by atoms with E-state index in [0.29, 0.717) is 0 Å². The minimum absolute atomic E-state index is 0.486. The van der Waals surface area contributed by atoms with E-state index >= 15 is 0 Å². The molecule has 0 saturated carbocycles. The second-order valence-electron chi connectivity index (χ2n) is 5.43. The summed E-state index contributed by atoms with van der Waals surface area (Å²) in [6.45, 7) is 12.9. The lowest BCUT2D eigenvalue weighted by Crippen LogP contribution is -2.23. The van der Waals surface area contributed by atoms with Gasteiger partial charge in [0.25, 0.3) is 0 Å². The maximum atomic E-state index is 12.3. The smallest absolute Gasteiger partial charge is 0.300 e. The normalized spacial score (nSPS) is 14.9. The van der Waals surface area contributed by atoms with E-state index < -0.39 is 18.8 Å². The van der Waals surface area contributed by atoms with Gasteiger partial charge in [-0.05, 0) is 48.5 Å². The van der Waals surface area contributed by atoms with Gasteiger partial charge < -0.3 is 0 Å². The van der Waals surface area contributed by atoms with Gasteiger partial charge in [0.05, 0.1) is 11.2 Å².